The van der Waals surface area contributed by atoms with E-state index in [9.17, 15) is 32.4 Å². The number of rotatable bonds is 13. The van der Waals surface area contributed by atoms with Crippen molar-refractivity contribution in [2.45, 2.75) is 125 Å². The number of ketones is 1. The molecule has 0 spiro atoms. The van der Waals surface area contributed by atoms with E-state index in [2.05, 4.69) is 27.8 Å². The van der Waals surface area contributed by atoms with Crippen molar-refractivity contribution in [1.82, 2.24) is 26.2 Å². The van der Waals surface area contributed by atoms with Crippen LogP contribution in [0, 0.1) is 17.3 Å². The molecule has 6 atom stereocenters. The zero-order chi connectivity index (χ0) is 35.7. The summed E-state index contributed by atoms with van der Waals surface area (Å²) in [5, 5.41) is 10.3. The van der Waals surface area contributed by atoms with Gasteiger partial charge < -0.3 is 26.2 Å². The number of likely N-dealkylation sites (tertiary alicyclic amines) is 1. The molecule has 5 amide bonds. The lowest BCUT2D eigenvalue weighted by atomic mass is 9.78. The van der Waals surface area contributed by atoms with Gasteiger partial charge in [0.1, 0.15) is 16.4 Å². The van der Waals surface area contributed by atoms with Crippen molar-refractivity contribution in [2.75, 3.05) is 18.8 Å². The Bertz CT molecular complexity index is 1390. The van der Waals surface area contributed by atoms with Crippen LogP contribution >= 0.6 is 23.2 Å². The summed E-state index contributed by atoms with van der Waals surface area (Å²) in [6.07, 6.45) is 7.57. The highest BCUT2D eigenvalue weighted by Crippen LogP contribution is 2.65. The average Bonchev–Trinajstić information content (AvgIpc) is 3.33. The molecule has 12 nitrogen and oxygen atoms in total. The summed E-state index contributed by atoms with van der Waals surface area (Å²) >= 11 is 13.1. The van der Waals surface area contributed by atoms with Crippen molar-refractivity contribution in [2.24, 2.45) is 17.3 Å². The highest BCUT2D eigenvalue weighted by Gasteiger charge is 2.74. The summed E-state index contributed by atoms with van der Waals surface area (Å²) in [6, 6.07) is -4.02. The number of piperidine rings is 1. The van der Waals surface area contributed by atoms with Crippen molar-refractivity contribution in [3.63, 3.8) is 0 Å². The maximum atomic E-state index is 14.4. The van der Waals surface area contributed by atoms with Crippen LogP contribution < -0.4 is 21.3 Å². The molecule has 4 fully saturated rings. The second-order valence-corrected chi connectivity index (χ2v) is 18.7. The third-order valence-electron chi connectivity index (χ3n) is 10.4. The summed E-state index contributed by atoms with van der Waals surface area (Å²) in [4.78, 5) is 68.9. The minimum Gasteiger partial charge on any atom is -0.346 e. The molecule has 0 radical (unpaired) electrons. The molecule has 0 aromatic heterocycles. The lowest BCUT2D eigenvalue weighted by Crippen LogP contribution is -2.65. The van der Waals surface area contributed by atoms with Gasteiger partial charge in [-0.25, -0.2) is 13.2 Å². The molecule has 2 aliphatic heterocycles. The number of sulfone groups is 1. The first-order chi connectivity index (χ1) is 22.4. The number of carbonyl (C=O) groups excluding carboxylic acids is 5. The van der Waals surface area contributed by atoms with Gasteiger partial charge in [-0.2, -0.15) is 0 Å². The summed E-state index contributed by atoms with van der Waals surface area (Å²) in [5.41, 5.74) is -1.74. The molecule has 0 aromatic carbocycles. The van der Waals surface area contributed by atoms with E-state index in [1.165, 1.54) is 11.0 Å². The normalized spacial score (nSPS) is 27.9. The number of amides is 5. The number of urea groups is 1. The number of unbranched alkanes of at least 4 members (excludes halogenated alkanes) is 1. The van der Waals surface area contributed by atoms with Crippen molar-refractivity contribution >= 4 is 62.6 Å². The molecule has 0 aromatic rings. The average molecular weight is 733 g/mol. The van der Waals surface area contributed by atoms with Crippen molar-refractivity contribution in [1.29, 1.82) is 0 Å². The van der Waals surface area contributed by atoms with Gasteiger partial charge in [-0.05, 0) is 37.5 Å². The molecule has 2 heterocycles. The molecule has 4 rings (SSSR count). The number of carbonyl (C=O) groups is 5. The Morgan fingerprint density at radius 2 is 1.71 bits per heavy atom. The lowest BCUT2D eigenvalue weighted by molar-refractivity contribution is -0.144. The Morgan fingerprint density at radius 3 is 2.27 bits per heavy atom. The summed E-state index contributed by atoms with van der Waals surface area (Å²) in [5.74, 6) is -3.78. The smallest absolute Gasteiger partial charge is 0.315 e. The van der Waals surface area contributed by atoms with Crippen LogP contribution in [0.5, 0.6) is 0 Å². The molecule has 0 bridgehead atoms. The van der Waals surface area contributed by atoms with Crippen LogP contribution in [-0.4, -0.2) is 94.9 Å². The molecule has 270 valence electrons. The Hall–Kier alpha value is -2.38. The monoisotopic (exact) mass is 731 g/mol. The van der Waals surface area contributed by atoms with Gasteiger partial charge in [0.15, 0.2) is 9.84 Å². The first-order valence-electron chi connectivity index (χ1n) is 17.1. The standard InChI is InChI=1S/C33H51Cl2N5O7S/c1-6-8-13-21(25(41)28(43)36-17-7-2)37-27(42)24-23-20(33(23,34)35)19-40(24)29(44)26(31(3,4)5)38-30(45)39-32(15-10-9-11-16-32)22-14-12-18-48(22,46)47/h7,20-24,26H,2,6,8-19H2,1,3-5H3,(H,36,43)(H,37,42)(H2,38,39,45)/t20?,21-,22?,23?,24-,26+/m0/s1. The number of hydrogen-bond acceptors (Lipinski definition) is 7. The van der Waals surface area contributed by atoms with E-state index < -0.39 is 89.9 Å². The van der Waals surface area contributed by atoms with E-state index in [4.69, 9.17) is 23.2 Å². The number of Topliss-reactive ketones (excluding diaryl/α,β-unsaturated/α-hetero) is 1. The fraction of sp³-hybridized carbons (Fsp3) is 0.788. The van der Waals surface area contributed by atoms with Crippen LogP contribution in [0.15, 0.2) is 12.7 Å². The van der Waals surface area contributed by atoms with Crippen LogP contribution in [0.1, 0.15) is 91.9 Å². The molecule has 4 aliphatic rings. The van der Waals surface area contributed by atoms with E-state index in [1.807, 2.05) is 6.92 Å². The first-order valence-corrected chi connectivity index (χ1v) is 19.6. The molecule has 2 aliphatic carbocycles. The van der Waals surface area contributed by atoms with Crippen LogP contribution in [0.2, 0.25) is 0 Å². The van der Waals surface area contributed by atoms with E-state index >= 15 is 0 Å². The summed E-state index contributed by atoms with van der Waals surface area (Å²) < 4.78 is 24.8. The van der Waals surface area contributed by atoms with Gasteiger partial charge in [-0.3, -0.25) is 19.2 Å². The Kier molecular flexibility index (Phi) is 11.9. The van der Waals surface area contributed by atoms with Crippen molar-refractivity contribution in [3.8, 4) is 0 Å². The number of hydrogen-bond donors (Lipinski definition) is 4. The molecule has 4 N–H and O–H groups in total. The highest BCUT2D eigenvalue weighted by molar-refractivity contribution is 7.92. The highest BCUT2D eigenvalue weighted by atomic mass is 35.5. The van der Waals surface area contributed by atoms with Crippen LogP contribution in [0.3, 0.4) is 0 Å². The summed E-state index contributed by atoms with van der Waals surface area (Å²) in [6.45, 7) is 10.9. The number of nitrogens with one attached hydrogen (secondary N) is 4. The number of halogens is 2. The third kappa shape index (κ3) is 7.98. The second-order valence-electron chi connectivity index (χ2n) is 14.9. The van der Waals surface area contributed by atoms with Gasteiger partial charge in [0, 0.05) is 24.9 Å². The first kappa shape index (κ1) is 38.4. The number of nitrogens with zero attached hydrogens (tertiary/aromatic N) is 1. The molecule has 15 heteroatoms. The van der Waals surface area contributed by atoms with Gasteiger partial charge in [-0.1, -0.05) is 65.9 Å². The minimum absolute atomic E-state index is 0.0577. The molecular weight excluding hydrogens is 681 g/mol. The minimum atomic E-state index is -3.38. The lowest BCUT2D eigenvalue weighted by Gasteiger charge is -2.43. The van der Waals surface area contributed by atoms with Gasteiger partial charge in [0.2, 0.25) is 17.6 Å². The molecule has 2 saturated heterocycles. The second kappa shape index (κ2) is 14.8. The zero-order valence-electron chi connectivity index (χ0n) is 28.4. The summed E-state index contributed by atoms with van der Waals surface area (Å²) in [7, 11) is -3.38. The predicted octanol–water partition coefficient (Wildman–Crippen LogP) is 3.16. The van der Waals surface area contributed by atoms with E-state index in [0.29, 0.717) is 38.5 Å². The van der Waals surface area contributed by atoms with E-state index in [-0.39, 0.29) is 25.3 Å². The maximum absolute atomic E-state index is 14.4. The Labute approximate surface area is 294 Å². The number of fused-ring (bicyclic) bond motifs is 1. The Morgan fingerprint density at radius 1 is 1.04 bits per heavy atom. The fourth-order valence-corrected chi connectivity index (χ4v) is 11.0. The maximum Gasteiger partial charge on any atom is 0.315 e. The Balaban J connectivity index is 1.55. The van der Waals surface area contributed by atoms with Gasteiger partial charge >= 0.3 is 6.03 Å². The molecular formula is C33H51Cl2N5O7S. The van der Waals surface area contributed by atoms with Gasteiger partial charge in [0.25, 0.3) is 5.91 Å². The largest absolute Gasteiger partial charge is 0.346 e. The molecule has 2 saturated carbocycles. The van der Waals surface area contributed by atoms with Crippen molar-refractivity contribution in [3.05, 3.63) is 12.7 Å². The predicted molar refractivity (Wildman–Crippen MR) is 184 cm³/mol. The zero-order valence-corrected chi connectivity index (χ0v) is 30.7. The molecule has 3 unspecified atom stereocenters. The number of alkyl halides is 2. The van der Waals surface area contributed by atoms with Gasteiger partial charge in [0.05, 0.1) is 22.6 Å². The molecule has 48 heavy (non-hydrogen) atoms. The third-order valence-corrected chi connectivity index (χ3v) is 13.9. The SMILES string of the molecule is C=CCNC(=O)C(=O)[C@H](CCCC)NC(=O)[C@@H]1C2C(CN1C(=O)[C@@H](NC(=O)NC1(C3CCCS3(=O)=O)CCCCC1)C(C)(C)C)C2(Cl)Cl. The van der Waals surface area contributed by atoms with Crippen LogP contribution in [-0.2, 0) is 29.0 Å². The van der Waals surface area contributed by atoms with Gasteiger partial charge in [-0.15, -0.1) is 29.8 Å². The quantitative estimate of drug-likeness (QED) is 0.128. The van der Waals surface area contributed by atoms with Crippen LogP contribution in [0.25, 0.3) is 0 Å². The fourth-order valence-electron chi connectivity index (χ4n) is 7.81. The van der Waals surface area contributed by atoms with Crippen molar-refractivity contribution < 1.29 is 32.4 Å². The van der Waals surface area contributed by atoms with E-state index in [0.717, 1.165) is 19.3 Å². The van der Waals surface area contributed by atoms with E-state index in [1.54, 1.807) is 20.8 Å². The van der Waals surface area contributed by atoms with Crippen LogP contribution in [0.4, 0.5) is 4.79 Å². The topological polar surface area (TPSA) is 171 Å².